The topological polar surface area (TPSA) is 93.8 Å². The predicted octanol–water partition coefficient (Wildman–Crippen LogP) is 6.45. The molecule has 1 N–H and O–H groups in total. The average Bonchev–Trinajstić information content (AvgIpc) is 3.39. The third-order valence-electron chi connectivity index (χ3n) is 5.27. The van der Waals surface area contributed by atoms with Crippen LogP contribution in [0.2, 0.25) is 0 Å². The van der Waals surface area contributed by atoms with Gasteiger partial charge in [-0.15, -0.1) is 21.5 Å². The van der Waals surface area contributed by atoms with Gasteiger partial charge in [0, 0.05) is 40.7 Å². The van der Waals surface area contributed by atoms with Crippen molar-refractivity contribution >= 4 is 22.8 Å². The molecule has 2 heterocycles. The lowest BCUT2D eigenvalue weighted by Gasteiger charge is -2.07. The first-order chi connectivity index (χ1) is 16.7. The lowest BCUT2D eigenvalue weighted by molar-refractivity contribution is -0.384. The van der Waals surface area contributed by atoms with Crippen molar-refractivity contribution in [1.29, 1.82) is 0 Å². The SMILES string of the molecule is O=[N+]([O-])c1cccc(-c2ccc(NCc3ccc(-c4nc(-c5ccccc5)cs4)cc3)nn2)c1. The summed E-state index contributed by atoms with van der Waals surface area (Å²) in [5.74, 6) is 0.630. The second-order valence-electron chi connectivity index (χ2n) is 7.57. The van der Waals surface area contributed by atoms with Crippen LogP contribution >= 0.6 is 11.3 Å². The molecule has 34 heavy (non-hydrogen) atoms. The minimum absolute atomic E-state index is 0.0268. The highest BCUT2D eigenvalue weighted by atomic mass is 32.1. The molecule has 0 aliphatic rings. The van der Waals surface area contributed by atoms with Crippen LogP contribution in [0.5, 0.6) is 0 Å². The van der Waals surface area contributed by atoms with Gasteiger partial charge in [0.25, 0.3) is 5.69 Å². The van der Waals surface area contributed by atoms with E-state index in [1.165, 1.54) is 12.1 Å². The van der Waals surface area contributed by atoms with Gasteiger partial charge in [0.05, 0.1) is 16.3 Å². The van der Waals surface area contributed by atoms with Crippen molar-refractivity contribution in [2.75, 3.05) is 5.32 Å². The van der Waals surface area contributed by atoms with Gasteiger partial charge in [-0.05, 0) is 17.7 Å². The highest BCUT2D eigenvalue weighted by Gasteiger charge is 2.09. The minimum atomic E-state index is -0.422. The van der Waals surface area contributed by atoms with Crippen LogP contribution in [-0.2, 0) is 6.54 Å². The zero-order valence-corrected chi connectivity index (χ0v) is 18.8. The van der Waals surface area contributed by atoms with Crippen molar-refractivity contribution in [2.45, 2.75) is 6.54 Å². The molecule has 3 aromatic carbocycles. The van der Waals surface area contributed by atoms with Gasteiger partial charge in [-0.25, -0.2) is 4.98 Å². The fourth-order valence-corrected chi connectivity index (χ4v) is 4.30. The summed E-state index contributed by atoms with van der Waals surface area (Å²) in [6.07, 6.45) is 0. The smallest absolute Gasteiger partial charge is 0.270 e. The van der Waals surface area contributed by atoms with Crippen molar-refractivity contribution < 1.29 is 4.92 Å². The van der Waals surface area contributed by atoms with E-state index in [9.17, 15) is 10.1 Å². The van der Waals surface area contributed by atoms with Crippen molar-refractivity contribution in [3.8, 4) is 33.1 Å². The van der Waals surface area contributed by atoms with Gasteiger partial charge >= 0.3 is 0 Å². The van der Waals surface area contributed by atoms with Crippen LogP contribution in [0.4, 0.5) is 11.5 Å². The number of hydrogen-bond donors (Lipinski definition) is 1. The monoisotopic (exact) mass is 465 g/mol. The molecular formula is C26H19N5O2S. The van der Waals surface area contributed by atoms with Gasteiger partial charge in [0.15, 0.2) is 0 Å². The van der Waals surface area contributed by atoms with Crippen LogP contribution < -0.4 is 5.32 Å². The summed E-state index contributed by atoms with van der Waals surface area (Å²) in [5.41, 5.74) is 5.55. The molecule has 5 rings (SSSR count). The van der Waals surface area contributed by atoms with Crippen LogP contribution in [0.25, 0.3) is 33.1 Å². The molecule has 5 aromatic rings. The van der Waals surface area contributed by atoms with Gasteiger partial charge in [-0.2, -0.15) is 0 Å². The standard InChI is InChI=1S/C26H19N5O2S/c32-31(33)22-8-4-7-21(15-22)23-13-14-25(30-29-23)27-16-18-9-11-20(12-10-18)26-28-24(17-34-26)19-5-2-1-3-6-19/h1-15,17H,16H2,(H,27,30). The molecule has 0 amide bonds. The summed E-state index contributed by atoms with van der Waals surface area (Å²) in [5, 5.41) is 25.7. The zero-order valence-electron chi connectivity index (χ0n) is 18.0. The normalized spacial score (nSPS) is 10.7. The van der Waals surface area contributed by atoms with Crippen LogP contribution in [-0.4, -0.2) is 20.1 Å². The third-order valence-corrected chi connectivity index (χ3v) is 6.16. The summed E-state index contributed by atoms with van der Waals surface area (Å²) in [7, 11) is 0. The average molecular weight is 466 g/mol. The molecule has 0 saturated carbocycles. The largest absolute Gasteiger partial charge is 0.365 e. The van der Waals surface area contributed by atoms with Crippen molar-refractivity contribution in [1.82, 2.24) is 15.2 Å². The summed E-state index contributed by atoms with van der Waals surface area (Å²) < 4.78 is 0. The maximum Gasteiger partial charge on any atom is 0.270 e. The summed E-state index contributed by atoms with van der Waals surface area (Å²) in [4.78, 5) is 15.3. The van der Waals surface area contributed by atoms with E-state index in [-0.39, 0.29) is 5.69 Å². The molecule has 0 aliphatic heterocycles. The quantitative estimate of drug-likeness (QED) is 0.219. The van der Waals surface area contributed by atoms with E-state index in [0.29, 0.717) is 23.6 Å². The Bertz CT molecular complexity index is 1420. The zero-order chi connectivity index (χ0) is 23.3. The number of benzene rings is 3. The van der Waals surface area contributed by atoms with Gasteiger partial charge in [-0.3, -0.25) is 10.1 Å². The second kappa shape index (κ2) is 9.60. The maximum atomic E-state index is 11.0. The van der Waals surface area contributed by atoms with Gasteiger partial charge < -0.3 is 5.32 Å². The lowest BCUT2D eigenvalue weighted by atomic mass is 10.1. The second-order valence-corrected chi connectivity index (χ2v) is 8.42. The molecule has 0 radical (unpaired) electrons. The molecular weight excluding hydrogens is 446 g/mol. The number of aromatic nitrogens is 3. The first kappa shape index (κ1) is 21.4. The Balaban J connectivity index is 1.22. The molecule has 0 atom stereocenters. The Morgan fingerprint density at radius 3 is 2.32 bits per heavy atom. The van der Waals surface area contributed by atoms with Crippen molar-refractivity contribution in [3.63, 3.8) is 0 Å². The Kier molecular flexibility index (Phi) is 6.05. The van der Waals surface area contributed by atoms with Crippen LogP contribution in [0.3, 0.4) is 0 Å². The van der Waals surface area contributed by atoms with Crippen LogP contribution in [0, 0.1) is 10.1 Å². The van der Waals surface area contributed by atoms with Gasteiger partial charge in [0.2, 0.25) is 0 Å². The number of nitrogens with one attached hydrogen (secondary N) is 1. The number of rotatable bonds is 7. The third kappa shape index (κ3) is 4.82. The maximum absolute atomic E-state index is 11.0. The molecule has 7 nitrogen and oxygen atoms in total. The molecule has 0 spiro atoms. The van der Waals surface area contributed by atoms with Gasteiger partial charge in [0.1, 0.15) is 10.8 Å². The van der Waals surface area contributed by atoms with E-state index in [2.05, 4.69) is 57.3 Å². The molecule has 0 bridgehead atoms. The first-order valence-corrected chi connectivity index (χ1v) is 11.5. The number of non-ortho nitro benzene ring substituents is 1. The van der Waals surface area contributed by atoms with E-state index >= 15 is 0 Å². The Hall–Kier alpha value is -4.43. The Labute approximate surface area is 199 Å². The lowest BCUT2D eigenvalue weighted by Crippen LogP contribution is -2.02. The molecule has 166 valence electrons. The fraction of sp³-hybridized carbons (Fsp3) is 0.0385. The molecule has 0 fully saturated rings. The van der Waals surface area contributed by atoms with E-state index in [0.717, 1.165) is 27.4 Å². The molecule has 2 aromatic heterocycles. The predicted molar refractivity (Wildman–Crippen MR) is 134 cm³/mol. The van der Waals surface area contributed by atoms with Gasteiger partial charge in [-0.1, -0.05) is 66.7 Å². The van der Waals surface area contributed by atoms with Crippen molar-refractivity contribution in [3.05, 3.63) is 112 Å². The number of nitro groups is 1. The van der Waals surface area contributed by atoms with E-state index in [1.807, 2.05) is 24.3 Å². The van der Waals surface area contributed by atoms with Crippen molar-refractivity contribution in [2.24, 2.45) is 0 Å². The summed E-state index contributed by atoms with van der Waals surface area (Å²) >= 11 is 1.63. The number of nitro benzene ring substituents is 1. The highest BCUT2D eigenvalue weighted by molar-refractivity contribution is 7.13. The van der Waals surface area contributed by atoms with E-state index in [4.69, 9.17) is 4.98 Å². The number of thiazole rings is 1. The molecule has 0 unspecified atom stereocenters. The Morgan fingerprint density at radius 2 is 1.59 bits per heavy atom. The van der Waals surface area contributed by atoms with Crippen LogP contribution in [0.15, 0.2) is 96.4 Å². The number of nitrogens with zero attached hydrogens (tertiary/aromatic N) is 4. The fourth-order valence-electron chi connectivity index (χ4n) is 3.46. The molecule has 0 aliphatic carbocycles. The first-order valence-electron chi connectivity index (χ1n) is 10.6. The molecule has 0 saturated heterocycles. The van der Waals surface area contributed by atoms with E-state index < -0.39 is 4.92 Å². The Morgan fingerprint density at radius 1 is 0.794 bits per heavy atom. The number of anilines is 1. The molecule has 8 heteroatoms. The number of hydrogen-bond acceptors (Lipinski definition) is 7. The summed E-state index contributed by atoms with van der Waals surface area (Å²) in [6.45, 7) is 0.595. The van der Waals surface area contributed by atoms with E-state index in [1.54, 1.807) is 29.5 Å². The van der Waals surface area contributed by atoms with Crippen LogP contribution in [0.1, 0.15) is 5.56 Å². The minimum Gasteiger partial charge on any atom is -0.365 e. The summed E-state index contributed by atoms with van der Waals surface area (Å²) in [6, 6.07) is 28.4. The highest BCUT2D eigenvalue weighted by Crippen LogP contribution is 2.29.